The summed E-state index contributed by atoms with van der Waals surface area (Å²) in [6.07, 6.45) is 1.71. The molecule has 118 valence electrons. The molecule has 0 unspecified atom stereocenters. The minimum absolute atomic E-state index is 0.0300. The van der Waals surface area contributed by atoms with Gasteiger partial charge in [0.2, 0.25) is 0 Å². The smallest absolute Gasteiger partial charge is 0.170 e. The zero-order valence-electron chi connectivity index (χ0n) is 13.7. The maximum Gasteiger partial charge on any atom is 0.170 e. The van der Waals surface area contributed by atoms with Crippen LogP contribution in [-0.4, -0.2) is 12.9 Å². The van der Waals surface area contributed by atoms with Gasteiger partial charge in [0.25, 0.3) is 0 Å². The molecule has 0 aliphatic heterocycles. The molecule has 0 fully saturated rings. The van der Waals surface area contributed by atoms with Gasteiger partial charge in [-0.3, -0.25) is 4.79 Å². The van der Waals surface area contributed by atoms with Crippen molar-refractivity contribution in [3.05, 3.63) is 83.1 Å². The molecule has 0 saturated carbocycles. The lowest BCUT2D eigenvalue weighted by Gasteiger charge is -2.21. The topological polar surface area (TPSA) is 26.3 Å². The number of hydrogen-bond donors (Lipinski definition) is 0. The molecule has 0 spiro atoms. The Morgan fingerprint density at radius 3 is 1.87 bits per heavy atom. The molecule has 2 aromatic rings. The molecule has 0 saturated heterocycles. The van der Waals surface area contributed by atoms with Crippen molar-refractivity contribution in [1.82, 2.24) is 0 Å². The third-order valence-corrected chi connectivity index (χ3v) is 4.53. The monoisotopic (exact) mass is 306 g/mol. The zero-order valence-corrected chi connectivity index (χ0v) is 13.7. The van der Waals surface area contributed by atoms with E-state index in [9.17, 15) is 4.79 Å². The molecule has 3 rings (SSSR count). The van der Waals surface area contributed by atoms with E-state index in [0.29, 0.717) is 0 Å². The SMILES string of the molecule is CCCC1=C(OC)[C@H](c2ccccc2)[C@@H](c2ccccc2)C1=O. The number of ketones is 1. The van der Waals surface area contributed by atoms with Crippen LogP contribution >= 0.6 is 0 Å². The molecule has 2 atom stereocenters. The van der Waals surface area contributed by atoms with Gasteiger partial charge in [0.15, 0.2) is 5.78 Å². The van der Waals surface area contributed by atoms with Crippen LogP contribution in [0.15, 0.2) is 72.0 Å². The van der Waals surface area contributed by atoms with Crippen LogP contribution in [0.4, 0.5) is 0 Å². The van der Waals surface area contributed by atoms with Crippen molar-refractivity contribution in [3.63, 3.8) is 0 Å². The van der Waals surface area contributed by atoms with Crippen molar-refractivity contribution < 1.29 is 9.53 Å². The van der Waals surface area contributed by atoms with Gasteiger partial charge in [-0.1, -0.05) is 74.0 Å². The standard InChI is InChI=1S/C21H22O2/c1-3-10-17-20(22)18(15-11-6-4-7-12-15)19(21(17)23-2)16-13-8-5-9-14-16/h4-9,11-14,18-19H,3,10H2,1-2H3/t18-,19-/m1/s1. The molecule has 0 N–H and O–H groups in total. The second-order valence-corrected chi connectivity index (χ2v) is 5.94. The molecule has 0 heterocycles. The minimum Gasteiger partial charge on any atom is -0.500 e. The summed E-state index contributed by atoms with van der Waals surface area (Å²) in [6.45, 7) is 2.10. The van der Waals surface area contributed by atoms with Crippen molar-refractivity contribution in [3.8, 4) is 0 Å². The lowest BCUT2D eigenvalue weighted by molar-refractivity contribution is -0.116. The van der Waals surface area contributed by atoms with E-state index in [1.807, 2.05) is 48.5 Å². The van der Waals surface area contributed by atoms with E-state index in [-0.39, 0.29) is 17.6 Å². The number of Topliss-reactive ketones (excluding diaryl/α,β-unsaturated/α-hetero) is 1. The van der Waals surface area contributed by atoms with Crippen molar-refractivity contribution in [2.45, 2.75) is 31.6 Å². The van der Waals surface area contributed by atoms with E-state index in [4.69, 9.17) is 4.74 Å². The number of ether oxygens (including phenoxy) is 1. The fourth-order valence-electron chi connectivity index (χ4n) is 3.55. The highest BCUT2D eigenvalue weighted by molar-refractivity contribution is 6.05. The van der Waals surface area contributed by atoms with Crippen molar-refractivity contribution >= 4 is 5.78 Å². The van der Waals surface area contributed by atoms with Gasteiger partial charge < -0.3 is 4.74 Å². The van der Waals surface area contributed by atoms with Crippen molar-refractivity contribution in [2.24, 2.45) is 0 Å². The maximum atomic E-state index is 13.1. The first-order valence-corrected chi connectivity index (χ1v) is 8.19. The third kappa shape index (κ3) is 2.81. The Morgan fingerprint density at radius 2 is 1.39 bits per heavy atom. The Balaban J connectivity index is 2.13. The number of carbonyl (C=O) groups is 1. The average molecular weight is 306 g/mol. The van der Waals surface area contributed by atoms with Crippen LogP contribution in [0.25, 0.3) is 0 Å². The number of rotatable bonds is 5. The van der Waals surface area contributed by atoms with Gasteiger partial charge in [-0.2, -0.15) is 0 Å². The Bertz CT molecular complexity index is 701. The summed E-state index contributed by atoms with van der Waals surface area (Å²) in [5, 5.41) is 0. The van der Waals surface area contributed by atoms with Gasteiger partial charge in [-0.25, -0.2) is 0 Å². The van der Waals surface area contributed by atoms with Crippen LogP contribution in [-0.2, 0) is 9.53 Å². The van der Waals surface area contributed by atoms with Gasteiger partial charge >= 0.3 is 0 Å². The molecule has 2 heteroatoms. The second-order valence-electron chi connectivity index (χ2n) is 5.94. The molecule has 23 heavy (non-hydrogen) atoms. The van der Waals surface area contributed by atoms with Gasteiger partial charge in [0.1, 0.15) is 5.76 Å². The first-order valence-electron chi connectivity index (χ1n) is 8.19. The van der Waals surface area contributed by atoms with Gasteiger partial charge in [-0.15, -0.1) is 0 Å². The van der Waals surface area contributed by atoms with Crippen molar-refractivity contribution in [1.29, 1.82) is 0 Å². The summed E-state index contributed by atoms with van der Waals surface area (Å²) in [7, 11) is 1.68. The fraction of sp³-hybridized carbons (Fsp3) is 0.286. The fourth-order valence-corrected chi connectivity index (χ4v) is 3.55. The lowest BCUT2D eigenvalue weighted by Crippen LogP contribution is -2.15. The molecule has 2 nitrogen and oxygen atoms in total. The predicted molar refractivity (Wildman–Crippen MR) is 92.3 cm³/mol. The van der Waals surface area contributed by atoms with Gasteiger partial charge in [0, 0.05) is 5.57 Å². The Kier molecular flexibility index (Phi) is 4.61. The summed E-state index contributed by atoms with van der Waals surface area (Å²) in [6, 6.07) is 20.3. The highest BCUT2D eigenvalue weighted by Crippen LogP contribution is 2.48. The average Bonchev–Trinajstić information content (AvgIpc) is 2.89. The van der Waals surface area contributed by atoms with E-state index in [1.54, 1.807) is 7.11 Å². The van der Waals surface area contributed by atoms with Crippen LogP contribution in [0.2, 0.25) is 0 Å². The highest BCUT2D eigenvalue weighted by atomic mass is 16.5. The van der Waals surface area contributed by atoms with Crippen LogP contribution in [0.5, 0.6) is 0 Å². The summed E-state index contributed by atoms with van der Waals surface area (Å²) in [5.74, 6) is 0.841. The molecular weight excluding hydrogens is 284 g/mol. The quantitative estimate of drug-likeness (QED) is 0.790. The van der Waals surface area contributed by atoms with Crippen molar-refractivity contribution in [2.75, 3.05) is 7.11 Å². The number of carbonyl (C=O) groups excluding carboxylic acids is 1. The van der Waals surface area contributed by atoms with E-state index >= 15 is 0 Å². The first-order chi connectivity index (χ1) is 11.3. The molecule has 0 amide bonds. The van der Waals surface area contributed by atoms with Crippen LogP contribution in [0.3, 0.4) is 0 Å². The molecule has 0 radical (unpaired) electrons. The van der Waals surface area contributed by atoms with Gasteiger partial charge in [0.05, 0.1) is 18.9 Å². The third-order valence-electron chi connectivity index (χ3n) is 4.53. The summed E-state index contributed by atoms with van der Waals surface area (Å²) in [4.78, 5) is 13.1. The first kappa shape index (κ1) is 15.5. The van der Waals surface area contributed by atoms with E-state index in [1.165, 1.54) is 0 Å². The number of methoxy groups -OCH3 is 1. The Morgan fingerprint density at radius 1 is 0.870 bits per heavy atom. The molecular formula is C21H22O2. The Labute approximate surface area is 137 Å². The highest BCUT2D eigenvalue weighted by Gasteiger charge is 2.43. The number of benzene rings is 2. The maximum absolute atomic E-state index is 13.1. The van der Waals surface area contributed by atoms with E-state index in [0.717, 1.165) is 35.3 Å². The number of allylic oxidation sites excluding steroid dienone is 2. The summed E-state index contributed by atoms with van der Waals surface area (Å²) in [5.41, 5.74) is 3.06. The molecule has 2 aromatic carbocycles. The largest absolute Gasteiger partial charge is 0.500 e. The molecule has 1 aliphatic carbocycles. The predicted octanol–water partition coefficient (Wildman–Crippen LogP) is 4.84. The normalized spacial score (nSPS) is 20.9. The van der Waals surface area contributed by atoms with Crippen LogP contribution in [0.1, 0.15) is 42.7 Å². The molecule has 0 aromatic heterocycles. The molecule has 0 bridgehead atoms. The minimum atomic E-state index is -0.185. The summed E-state index contributed by atoms with van der Waals surface area (Å²) < 4.78 is 5.72. The van der Waals surface area contributed by atoms with Crippen LogP contribution < -0.4 is 0 Å². The number of hydrogen-bond acceptors (Lipinski definition) is 2. The second kappa shape index (κ2) is 6.82. The van der Waals surface area contributed by atoms with E-state index < -0.39 is 0 Å². The molecule has 1 aliphatic rings. The van der Waals surface area contributed by atoms with E-state index in [2.05, 4.69) is 19.1 Å². The summed E-state index contributed by atoms with van der Waals surface area (Å²) >= 11 is 0. The van der Waals surface area contributed by atoms with Gasteiger partial charge in [-0.05, 0) is 17.5 Å². The Hall–Kier alpha value is -2.35. The zero-order chi connectivity index (χ0) is 16.2. The lowest BCUT2D eigenvalue weighted by atomic mass is 9.82. The van der Waals surface area contributed by atoms with Crippen LogP contribution in [0, 0.1) is 0 Å².